The lowest BCUT2D eigenvalue weighted by atomic mass is 10.1. The van der Waals surface area contributed by atoms with Crippen LogP contribution in [0, 0.1) is 0 Å². The van der Waals surface area contributed by atoms with E-state index in [1.54, 1.807) is 0 Å². The highest BCUT2D eigenvalue weighted by Gasteiger charge is 2.10. The summed E-state index contributed by atoms with van der Waals surface area (Å²) in [6, 6.07) is 8.30. The Hall–Kier alpha value is -2.69. The Kier molecular flexibility index (Phi) is 4.66. The molecule has 0 saturated carbocycles. The van der Waals surface area contributed by atoms with Gasteiger partial charge in [0.1, 0.15) is 0 Å². The second-order valence-corrected chi connectivity index (χ2v) is 5.69. The summed E-state index contributed by atoms with van der Waals surface area (Å²) < 4.78 is 2.26. The van der Waals surface area contributed by atoms with Crippen molar-refractivity contribution < 1.29 is 1.43 Å². The van der Waals surface area contributed by atoms with Crippen molar-refractivity contribution in [3.63, 3.8) is 0 Å². The minimum Gasteiger partial charge on any atom is -0.343 e. The molecule has 120 valence electrons. The SMILES string of the molecule is C=CCCC/C=C(\C)Cn1ccc2c(-c3nn[nH]n3)cccc21.[HH]. The van der Waals surface area contributed by atoms with Crippen LogP contribution < -0.4 is 0 Å². The summed E-state index contributed by atoms with van der Waals surface area (Å²) in [5.74, 6) is 0.630. The molecule has 23 heavy (non-hydrogen) atoms. The van der Waals surface area contributed by atoms with Gasteiger partial charge in [0.25, 0.3) is 0 Å². The molecule has 0 spiro atoms. The van der Waals surface area contributed by atoms with Crippen molar-refractivity contribution in [2.24, 2.45) is 0 Å². The van der Waals surface area contributed by atoms with Crippen LogP contribution in [0.5, 0.6) is 0 Å². The Bertz CT molecular complexity index is 817. The van der Waals surface area contributed by atoms with Crippen LogP contribution in [0.25, 0.3) is 22.3 Å². The van der Waals surface area contributed by atoms with Crippen molar-refractivity contribution in [2.75, 3.05) is 0 Å². The van der Waals surface area contributed by atoms with Crippen LogP contribution in [0.15, 0.2) is 54.8 Å². The highest BCUT2D eigenvalue weighted by molar-refractivity contribution is 5.93. The maximum atomic E-state index is 4.09. The number of unbranched alkanes of at least 4 members (excludes halogenated alkanes) is 2. The van der Waals surface area contributed by atoms with E-state index in [9.17, 15) is 0 Å². The summed E-state index contributed by atoms with van der Waals surface area (Å²) in [7, 11) is 0. The monoisotopic (exact) mass is 309 g/mol. The molecule has 0 bridgehead atoms. The molecular formula is C18H23N5. The number of nitrogens with zero attached hydrogens (tertiary/aromatic N) is 4. The second-order valence-electron chi connectivity index (χ2n) is 5.69. The molecule has 0 radical (unpaired) electrons. The number of fused-ring (bicyclic) bond motifs is 1. The summed E-state index contributed by atoms with van der Waals surface area (Å²) in [5.41, 5.74) is 3.56. The summed E-state index contributed by atoms with van der Waals surface area (Å²) in [5, 5.41) is 15.5. The Labute approximate surface area is 137 Å². The molecule has 2 heterocycles. The average Bonchev–Trinajstić information content (AvgIpc) is 3.22. The number of aromatic amines is 1. The lowest BCUT2D eigenvalue weighted by Crippen LogP contribution is -1.97. The van der Waals surface area contributed by atoms with Gasteiger partial charge in [0.15, 0.2) is 0 Å². The van der Waals surface area contributed by atoms with E-state index in [2.05, 4.69) is 63.1 Å². The number of allylic oxidation sites excluding steroid dienone is 3. The van der Waals surface area contributed by atoms with Gasteiger partial charge in [0.2, 0.25) is 5.82 Å². The molecule has 5 heteroatoms. The van der Waals surface area contributed by atoms with Gasteiger partial charge in [-0.3, -0.25) is 0 Å². The predicted molar refractivity (Wildman–Crippen MR) is 95.0 cm³/mol. The van der Waals surface area contributed by atoms with Gasteiger partial charge in [-0.2, -0.15) is 5.21 Å². The summed E-state index contributed by atoms with van der Waals surface area (Å²) in [6.45, 7) is 6.84. The molecule has 0 unspecified atom stereocenters. The number of hydrogen-bond donors (Lipinski definition) is 1. The molecule has 0 aliphatic heterocycles. The number of benzene rings is 1. The Balaban J connectivity index is 0.00000208. The molecule has 5 nitrogen and oxygen atoms in total. The Morgan fingerprint density at radius 3 is 3.04 bits per heavy atom. The lowest BCUT2D eigenvalue weighted by molar-refractivity contribution is 0.797. The molecule has 1 N–H and O–H groups in total. The van der Waals surface area contributed by atoms with E-state index in [0.29, 0.717) is 5.82 Å². The van der Waals surface area contributed by atoms with Gasteiger partial charge < -0.3 is 4.57 Å². The van der Waals surface area contributed by atoms with Crippen molar-refractivity contribution in [1.29, 1.82) is 0 Å². The van der Waals surface area contributed by atoms with Gasteiger partial charge in [0, 0.05) is 30.6 Å². The van der Waals surface area contributed by atoms with Crippen LogP contribution in [0.2, 0.25) is 0 Å². The number of nitrogens with one attached hydrogen (secondary N) is 1. The fraction of sp³-hybridized carbons (Fsp3) is 0.278. The molecule has 2 aromatic heterocycles. The fourth-order valence-electron chi connectivity index (χ4n) is 2.78. The number of H-pyrrole nitrogens is 1. The third-order valence-electron chi connectivity index (χ3n) is 3.92. The number of tetrazole rings is 1. The average molecular weight is 309 g/mol. The van der Waals surface area contributed by atoms with Crippen LogP contribution in [0.1, 0.15) is 27.6 Å². The lowest BCUT2D eigenvalue weighted by Gasteiger charge is -2.07. The fourth-order valence-corrected chi connectivity index (χ4v) is 2.78. The largest absolute Gasteiger partial charge is 0.343 e. The Morgan fingerprint density at radius 1 is 1.35 bits per heavy atom. The van der Waals surface area contributed by atoms with E-state index >= 15 is 0 Å². The molecule has 1 aromatic carbocycles. The third-order valence-corrected chi connectivity index (χ3v) is 3.92. The van der Waals surface area contributed by atoms with Crippen LogP contribution in [-0.4, -0.2) is 25.2 Å². The van der Waals surface area contributed by atoms with Gasteiger partial charge >= 0.3 is 0 Å². The van der Waals surface area contributed by atoms with E-state index in [1.807, 2.05) is 18.2 Å². The zero-order valence-corrected chi connectivity index (χ0v) is 13.4. The normalized spacial score (nSPS) is 12.0. The highest BCUT2D eigenvalue weighted by Crippen LogP contribution is 2.27. The zero-order chi connectivity index (χ0) is 16.1. The molecule has 0 aliphatic carbocycles. The van der Waals surface area contributed by atoms with E-state index in [0.717, 1.165) is 36.8 Å². The smallest absolute Gasteiger partial charge is 0.205 e. The van der Waals surface area contributed by atoms with Gasteiger partial charge in [-0.25, -0.2) is 0 Å². The topological polar surface area (TPSA) is 59.4 Å². The maximum absolute atomic E-state index is 4.09. The maximum Gasteiger partial charge on any atom is 0.205 e. The summed E-state index contributed by atoms with van der Waals surface area (Å²) >= 11 is 0. The molecule has 0 fully saturated rings. The molecular weight excluding hydrogens is 286 g/mol. The number of rotatable bonds is 7. The van der Waals surface area contributed by atoms with E-state index in [1.165, 1.54) is 11.1 Å². The first-order valence-electron chi connectivity index (χ1n) is 7.88. The van der Waals surface area contributed by atoms with Gasteiger partial charge in [-0.05, 0) is 43.5 Å². The minimum absolute atomic E-state index is 0. The van der Waals surface area contributed by atoms with E-state index in [-0.39, 0.29) is 1.43 Å². The molecule has 3 aromatic rings. The van der Waals surface area contributed by atoms with Crippen LogP contribution >= 0.6 is 0 Å². The molecule has 0 saturated heterocycles. The van der Waals surface area contributed by atoms with Gasteiger partial charge in [-0.15, -0.1) is 16.8 Å². The van der Waals surface area contributed by atoms with E-state index in [4.69, 9.17) is 0 Å². The van der Waals surface area contributed by atoms with Crippen molar-refractivity contribution in [3.8, 4) is 11.4 Å². The van der Waals surface area contributed by atoms with Crippen LogP contribution in [0.3, 0.4) is 0 Å². The summed E-state index contributed by atoms with van der Waals surface area (Å²) in [6.07, 6.45) is 9.75. The first-order valence-corrected chi connectivity index (χ1v) is 7.88. The molecule has 0 aliphatic rings. The second kappa shape index (κ2) is 7.05. The van der Waals surface area contributed by atoms with E-state index < -0.39 is 0 Å². The molecule has 0 atom stereocenters. The van der Waals surface area contributed by atoms with Gasteiger partial charge in [-0.1, -0.05) is 29.9 Å². The molecule has 3 rings (SSSR count). The van der Waals surface area contributed by atoms with Crippen LogP contribution in [-0.2, 0) is 6.54 Å². The van der Waals surface area contributed by atoms with Crippen molar-refractivity contribution >= 4 is 10.9 Å². The standard InChI is InChI=1S/C18H21N5.H2/c1-3-4-5-6-8-14(2)13-23-12-11-15-16(9-7-10-17(15)23)18-19-21-22-20-18;/h3,7-12H,1,4-6,13H2,2H3,(H,19,20,21,22);1H/b14-8+;. The van der Waals surface area contributed by atoms with Crippen molar-refractivity contribution in [1.82, 2.24) is 25.2 Å². The van der Waals surface area contributed by atoms with Crippen LogP contribution in [0.4, 0.5) is 0 Å². The Morgan fingerprint density at radius 2 is 2.26 bits per heavy atom. The number of hydrogen-bond acceptors (Lipinski definition) is 3. The van der Waals surface area contributed by atoms with Gasteiger partial charge in [0.05, 0.1) is 0 Å². The quantitative estimate of drug-likeness (QED) is 0.521. The minimum atomic E-state index is 0. The first kappa shape index (κ1) is 15.2. The van der Waals surface area contributed by atoms with Crippen molar-refractivity contribution in [3.05, 3.63) is 54.8 Å². The van der Waals surface area contributed by atoms with Crippen molar-refractivity contribution in [2.45, 2.75) is 32.7 Å². The third kappa shape index (κ3) is 3.39. The number of aromatic nitrogens is 5. The first-order chi connectivity index (χ1) is 11.3. The molecule has 0 amide bonds. The highest BCUT2D eigenvalue weighted by atomic mass is 15.5. The zero-order valence-electron chi connectivity index (χ0n) is 13.4. The predicted octanol–water partition coefficient (Wildman–Crippen LogP) is 4.37. The summed E-state index contributed by atoms with van der Waals surface area (Å²) in [4.78, 5) is 0.